The molecule has 0 bridgehead atoms. The number of rotatable bonds is 3. The van der Waals surface area contributed by atoms with Crippen LogP contribution in [0.25, 0.3) is 0 Å². The van der Waals surface area contributed by atoms with Gasteiger partial charge in [-0.3, -0.25) is 14.3 Å². The standard InChI is InChI=1S/C13H20N4O2/c1-10-9-11(2)17(15-10)7-4-13(19)16-6-3-12(18)14-5-8-16/h9H,3-8H2,1-2H3,(H,14,18). The van der Waals surface area contributed by atoms with Crippen molar-refractivity contribution in [3.05, 3.63) is 17.5 Å². The highest BCUT2D eigenvalue weighted by Gasteiger charge is 2.18. The highest BCUT2D eigenvalue weighted by atomic mass is 16.2. The Bertz CT molecular complexity index is 481. The fraction of sp³-hybridized carbons (Fsp3) is 0.615. The zero-order chi connectivity index (χ0) is 13.8. The third kappa shape index (κ3) is 3.56. The minimum absolute atomic E-state index is 0.0221. The lowest BCUT2D eigenvalue weighted by Crippen LogP contribution is -2.34. The molecule has 1 aliphatic heterocycles. The highest BCUT2D eigenvalue weighted by Crippen LogP contribution is 2.05. The zero-order valence-electron chi connectivity index (χ0n) is 11.5. The molecule has 0 saturated carbocycles. The van der Waals surface area contributed by atoms with E-state index in [2.05, 4.69) is 10.4 Å². The van der Waals surface area contributed by atoms with Crippen molar-refractivity contribution in [2.24, 2.45) is 0 Å². The molecule has 2 amide bonds. The second-order valence-electron chi connectivity index (χ2n) is 4.88. The fourth-order valence-corrected chi connectivity index (χ4v) is 2.28. The number of hydrogen-bond acceptors (Lipinski definition) is 3. The van der Waals surface area contributed by atoms with E-state index in [1.807, 2.05) is 24.6 Å². The molecule has 0 atom stereocenters. The maximum absolute atomic E-state index is 12.1. The minimum Gasteiger partial charge on any atom is -0.354 e. The summed E-state index contributed by atoms with van der Waals surface area (Å²) in [6.07, 6.45) is 0.821. The summed E-state index contributed by atoms with van der Waals surface area (Å²) in [5, 5.41) is 7.10. The second kappa shape index (κ2) is 5.86. The normalized spacial score (nSPS) is 16.1. The van der Waals surface area contributed by atoms with E-state index in [0.717, 1.165) is 11.4 Å². The largest absolute Gasteiger partial charge is 0.354 e. The molecule has 1 saturated heterocycles. The van der Waals surface area contributed by atoms with Gasteiger partial charge in [0.15, 0.2) is 0 Å². The topological polar surface area (TPSA) is 67.2 Å². The van der Waals surface area contributed by atoms with E-state index in [-0.39, 0.29) is 11.8 Å². The Hall–Kier alpha value is -1.85. The van der Waals surface area contributed by atoms with Crippen LogP contribution in [-0.2, 0) is 16.1 Å². The highest BCUT2D eigenvalue weighted by molar-refractivity contribution is 5.80. The molecule has 1 aromatic rings. The monoisotopic (exact) mass is 264 g/mol. The average molecular weight is 264 g/mol. The molecule has 2 heterocycles. The zero-order valence-corrected chi connectivity index (χ0v) is 11.5. The van der Waals surface area contributed by atoms with E-state index in [1.165, 1.54) is 0 Å². The summed E-state index contributed by atoms with van der Waals surface area (Å²) < 4.78 is 1.86. The maximum Gasteiger partial charge on any atom is 0.224 e. The van der Waals surface area contributed by atoms with Crippen molar-refractivity contribution in [2.75, 3.05) is 19.6 Å². The van der Waals surface area contributed by atoms with Crippen LogP contribution < -0.4 is 5.32 Å². The Balaban J connectivity index is 1.87. The van der Waals surface area contributed by atoms with Gasteiger partial charge in [0, 0.05) is 44.7 Å². The van der Waals surface area contributed by atoms with E-state index in [4.69, 9.17) is 0 Å². The lowest BCUT2D eigenvalue weighted by molar-refractivity contribution is -0.131. The van der Waals surface area contributed by atoms with Crippen LogP contribution in [0, 0.1) is 13.8 Å². The smallest absolute Gasteiger partial charge is 0.224 e. The van der Waals surface area contributed by atoms with Gasteiger partial charge in [0.05, 0.1) is 5.69 Å². The van der Waals surface area contributed by atoms with Gasteiger partial charge in [-0.15, -0.1) is 0 Å². The summed E-state index contributed by atoms with van der Waals surface area (Å²) in [6, 6.07) is 2.00. The number of amides is 2. The lowest BCUT2D eigenvalue weighted by atomic mass is 10.3. The van der Waals surface area contributed by atoms with E-state index < -0.39 is 0 Å². The van der Waals surface area contributed by atoms with Crippen molar-refractivity contribution in [3.8, 4) is 0 Å². The summed E-state index contributed by atoms with van der Waals surface area (Å²) in [4.78, 5) is 25.1. The van der Waals surface area contributed by atoms with Crippen LogP contribution in [0.5, 0.6) is 0 Å². The Labute approximate surface area is 112 Å². The molecular weight excluding hydrogens is 244 g/mol. The first-order chi connectivity index (χ1) is 9.06. The molecule has 1 aliphatic rings. The molecular formula is C13H20N4O2. The Morgan fingerprint density at radius 1 is 1.42 bits per heavy atom. The van der Waals surface area contributed by atoms with Gasteiger partial charge in [-0.1, -0.05) is 0 Å². The second-order valence-corrected chi connectivity index (χ2v) is 4.88. The van der Waals surface area contributed by atoms with Crippen LogP contribution in [0.2, 0.25) is 0 Å². The molecule has 1 aromatic heterocycles. The van der Waals surface area contributed by atoms with Gasteiger partial charge in [-0.05, 0) is 19.9 Å². The van der Waals surface area contributed by atoms with Crippen LogP contribution in [0.4, 0.5) is 0 Å². The molecule has 2 rings (SSSR count). The number of aromatic nitrogens is 2. The molecule has 19 heavy (non-hydrogen) atoms. The molecule has 6 nitrogen and oxygen atoms in total. The molecule has 0 aromatic carbocycles. The summed E-state index contributed by atoms with van der Waals surface area (Å²) >= 11 is 0. The Morgan fingerprint density at radius 3 is 2.89 bits per heavy atom. The minimum atomic E-state index is 0.0221. The number of carbonyl (C=O) groups excluding carboxylic acids is 2. The van der Waals surface area contributed by atoms with Gasteiger partial charge in [0.1, 0.15) is 0 Å². The van der Waals surface area contributed by atoms with Crippen LogP contribution in [-0.4, -0.2) is 46.1 Å². The predicted octanol–water partition coefficient (Wildman–Crippen LogP) is 0.239. The van der Waals surface area contributed by atoms with Gasteiger partial charge >= 0.3 is 0 Å². The molecule has 1 fully saturated rings. The van der Waals surface area contributed by atoms with Gasteiger partial charge in [0.25, 0.3) is 0 Å². The van der Waals surface area contributed by atoms with Crippen LogP contribution in [0.1, 0.15) is 24.2 Å². The first-order valence-corrected chi connectivity index (χ1v) is 6.62. The summed E-state index contributed by atoms with van der Waals surface area (Å²) in [5.74, 6) is 0.109. The molecule has 104 valence electrons. The number of hydrogen-bond donors (Lipinski definition) is 1. The SMILES string of the molecule is Cc1cc(C)n(CCC(=O)N2CCNC(=O)CC2)n1. The van der Waals surface area contributed by atoms with Gasteiger partial charge < -0.3 is 10.2 Å². The fourth-order valence-electron chi connectivity index (χ4n) is 2.28. The first kappa shape index (κ1) is 13.6. The number of aryl methyl sites for hydroxylation is 3. The molecule has 6 heteroatoms. The van der Waals surface area contributed by atoms with Crippen LogP contribution >= 0.6 is 0 Å². The van der Waals surface area contributed by atoms with Crippen LogP contribution in [0.15, 0.2) is 6.07 Å². The number of carbonyl (C=O) groups is 2. The van der Waals surface area contributed by atoms with Crippen LogP contribution in [0.3, 0.4) is 0 Å². The summed E-state index contributed by atoms with van der Waals surface area (Å²) in [7, 11) is 0. The third-order valence-electron chi connectivity index (χ3n) is 3.31. The number of nitrogens with zero attached hydrogens (tertiary/aromatic N) is 3. The third-order valence-corrected chi connectivity index (χ3v) is 3.31. The average Bonchev–Trinajstić information content (AvgIpc) is 2.56. The predicted molar refractivity (Wildman–Crippen MR) is 70.5 cm³/mol. The van der Waals surface area contributed by atoms with Gasteiger partial charge in [-0.2, -0.15) is 5.10 Å². The summed E-state index contributed by atoms with van der Waals surface area (Å²) in [6.45, 7) is 6.18. The van der Waals surface area contributed by atoms with Crippen molar-refractivity contribution in [1.82, 2.24) is 20.0 Å². The van der Waals surface area contributed by atoms with Gasteiger partial charge in [0.2, 0.25) is 11.8 Å². The molecule has 0 spiro atoms. The first-order valence-electron chi connectivity index (χ1n) is 6.62. The maximum atomic E-state index is 12.1. The number of nitrogens with one attached hydrogen (secondary N) is 1. The van der Waals surface area contributed by atoms with Gasteiger partial charge in [-0.25, -0.2) is 0 Å². The van der Waals surface area contributed by atoms with Crippen molar-refractivity contribution in [3.63, 3.8) is 0 Å². The van der Waals surface area contributed by atoms with Crippen molar-refractivity contribution in [1.29, 1.82) is 0 Å². The molecule has 0 radical (unpaired) electrons. The van der Waals surface area contributed by atoms with E-state index in [9.17, 15) is 9.59 Å². The Morgan fingerprint density at radius 2 is 2.21 bits per heavy atom. The summed E-state index contributed by atoms with van der Waals surface area (Å²) in [5.41, 5.74) is 2.03. The van der Waals surface area contributed by atoms with Crippen molar-refractivity contribution in [2.45, 2.75) is 33.2 Å². The van der Waals surface area contributed by atoms with E-state index in [1.54, 1.807) is 4.90 Å². The van der Waals surface area contributed by atoms with Crippen molar-refractivity contribution < 1.29 is 9.59 Å². The quantitative estimate of drug-likeness (QED) is 0.850. The Kier molecular flexibility index (Phi) is 4.19. The molecule has 1 N–H and O–H groups in total. The van der Waals surface area contributed by atoms with Crippen molar-refractivity contribution >= 4 is 11.8 Å². The van der Waals surface area contributed by atoms with E-state index in [0.29, 0.717) is 39.0 Å². The molecule has 0 unspecified atom stereocenters. The lowest BCUT2D eigenvalue weighted by Gasteiger charge is -2.19. The molecule has 0 aliphatic carbocycles. The van der Waals surface area contributed by atoms with E-state index >= 15 is 0 Å².